The number of hydrogen-bond donors (Lipinski definition) is 2. The van der Waals surface area contributed by atoms with Gasteiger partial charge in [-0.15, -0.1) is 5.10 Å². The summed E-state index contributed by atoms with van der Waals surface area (Å²) in [6, 6.07) is 2.92. The van der Waals surface area contributed by atoms with E-state index in [0.29, 0.717) is 17.8 Å². The molecule has 0 saturated carbocycles. The van der Waals surface area contributed by atoms with Gasteiger partial charge in [-0.25, -0.2) is 22.9 Å². The van der Waals surface area contributed by atoms with Crippen molar-refractivity contribution in [1.29, 1.82) is 0 Å². The molecule has 0 aromatic carbocycles. The zero-order valence-electron chi connectivity index (χ0n) is 12.2. The van der Waals surface area contributed by atoms with E-state index in [0.717, 1.165) is 6.26 Å². The molecule has 2 heterocycles. The van der Waals surface area contributed by atoms with Crippen LogP contribution in [0.25, 0.3) is 11.4 Å². The van der Waals surface area contributed by atoms with Crippen molar-refractivity contribution in [2.75, 3.05) is 11.6 Å². The van der Waals surface area contributed by atoms with E-state index in [9.17, 15) is 13.2 Å². The van der Waals surface area contributed by atoms with E-state index in [2.05, 4.69) is 20.6 Å². The standard InChI is InChI=1S/C12H15N5O4S/c1-4-7-9(22(3,20)21)6-5-8(13-7)10-11(14-12(18)19)17(2)16-15-10/h5-6,14H,4H2,1-3H3,(H,18,19). The minimum Gasteiger partial charge on any atom is -0.465 e. The van der Waals surface area contributed by atoms with Crippen molar-refractivity contribution in [2.45, 2.75) is 18.2 Å². The number of aromatic nitrogens is 4. The first-order valence-corrected chi connectivity index (χ1v) is 8.23. The second-order valence-electron chi connectivity index (χ2n) is 4.61. The van der Waals surface area contributed by atoms with E-state index in [4.69, 9.17) is 5.11 Å². The summed E-state index contributed by atoms with van der Waals surface area (Å²) in [5, 5.41) is 18.7. The molecule has 0 atom stereocenters. The lowest BCUT2D eigenvalue weighted by Gasteiger charge is -2.08. The van der Waals surface area contributed by atoms with Gasteiger partial charge in [-0.05, 0) is 18.6 Å². The van der Waals surface area contributed by atoms with Crippen LogP contribution in [-0.2, 0) is 23.3 Å². The molecule has 0 unspecified atom stereocenters. The molecular weight excluding hydrogens is 310 g/mol. The molecule has 0 saturated heterocycles. The van der Waals surface area contributed by atoms with Gasteiger partial charge in [-0.1, -0.05) is 12.1 Å². The maximum atomic E-state index is 11.7. The molecule has 0 radical (unpaired) electrons. The van der Waals surface area contributed by atoms with Crippen molar-refractivity contribution in [3.05, 3.63) is 17.8 Å². The predicted octanol–water partition coefficient (Wildman–Crippen LogP) is 0.933. The fraction of sp³-hybridized carbons (Fsp3) is 0.333. The molecule has 0 bridgehead atoms. The summed E-state index contributed by atoms with van der Waals surface area (Å²) in [7, 11) is -1.85. The number of rotatable bonds is 4. The third-order valence-corrected chi connectivity index (χ3v) is 4.13. The highest BCUT2D eigenvalue weighted by Crippen LogP contribution is 2.26. The molecule has 2 rings (SSSR count). The average molecular weight is 325 g/mol. The van der Waals surface area contributed by atoms with Crippen molar-refractivity contribution in [1.82, 2.24) is 20.0 Å². The van der Waals surface area contributed by atoms with Gasteiger partial charge in [0.1, 0.15) is 0 Å². The van der Waals surface area contributed by atoms with Gasteiger partial charge in [-0.2, -0.15) is 0 Å². The Kier molecular flexibility index (Phi) is 4.13. The Morgan fingerprint density at radius 3 is 2.64 bits per heavy atom. The number of sulfone groups is 1. The normalized spacial score (nSPS) is 11.4. The van der Waals surface area contributed by atoms with E-state index >= 15 is 0 Å². The second kappa shape index (κ2) is 5.72. The van der Waals surface area contributed by atoms with Crippen LogP contribution in [0.1, 0.15) is 12.6 Å². The summed E-state index contributed by atoms with van der Waals surface area (Å²) in [5.74, 6) is 0.161. The smallest absolute Gasteiger partial charge is 0.410 e. The number of nitrogens with zero attached hydrogens (tertiary/aromatic N) is 4. The van der Waals surface area contributed by atoms with Gasteiger partial charge in [0.2, 0.25) is 0 Å². The molecule has 22 heavy (non-hydrogen) atoms. The summed E-state index contributed by atoms with van der Waals surface area (Å²) >= 11 is 0. The Bertz CT molecular complexity index is 828. The van der Waals surface area contributed by atoms with Crippen LogP contribution in [0.3, 0.4) is 0 Å². The molecule has 0 fully saturated rings. The van der Waals surface area contributed by atoms with Crippen LogP contribution in [0.4, 0.5) is 10.6 Å². The van der Waals surface area contributed by atoms with E-state index in [1.807, 2.05) is 0 Å². The molecule has 1 amide bonds. The van der Waals surface area contributed by atoms with E-state index in [-0.39, 0.29) is 16.4 Å². The number of anilines is 1. The fourth-order valence-corrected chi connectivity index (χ4v) is 2.92. The largest absolute Gasteiger partial charge is 0.465 e. The van der Waals surface area contributed by atoms with Gasteiger partial charge in [-0.3, -0.25) is 5.32 Å². The van der Waals surface area contributed by atoms with Crippen LogP contribution in [-0.4, -0.2) is 45.9 Å². The third-order valence-electron chi connectivity index (χ3n) is 2.96. The Hall–Kier alpha value is -2.49. The summed E-state index contributed by atoms with van der Waals surface area (Å²) in [5.41, 5.74) is 0.979. The highest BCUT2D eigenvalue weighted by atomic mass is 32.2. The molecule has 10 heteroatoms. The van der Waals surface area contributed by atoms with Crippen molar-refractivity contribution < 1.29 is 18.3 Å². The molecule has 0 aliphatic heterocycles. The first-order chi connectivity index (χ1) is 10.2. The van der Waals surface area contributed by atoms with Crippen LogP contribution in [0.15, 0.2) is 17.0 Å². The molecule has 0 spiro atoms. The maximum Gasteiger partial charge on any atom is 0.410 e. The quantitative estimate of drug-likeness (QED) is 0.856. The topological polar surface area (TPSA) is 127 Å². The van der Waals surface area contributed by atoms with Crippen LogP contribution < -0.4 is 5.32 Å². The summed E-state index contributed by atoms with van der Waals surface area (Å²) < 4.78 is 24.7. The first-order valence-electron chi connectivity index (χ1n) is 6.34. The summed E-state index contributed by atoms with van der Waals surface area (Å²) in [6.07, 6.45) is 0.274. The van der Waals surface area contributed by atoms with Gasteiger partial charge in [0.05, 0.1) is 16.3 Å². The lowest BCUT2D eigenvalue weighted by molar-refractivity contribution is 0.209. The zero-order valence-corrected chi connectivity index (χ0v) is 13.0. The third kappa shape index (κ3) is 3.06. The van der Waals surface area contributed by atoms with E-state index < -0.39 is 15.9 Å². The lowest BCUT2D eigenvalue weighted by Crippen LogP contribution is -2.12. The molecular formula is C12H15N5O4S. The summed E-state index contributed by atoms with van der Waals surface area (Å²) in [6.45, 7) is 1.79. The van der Waals surface area contributed by atoms with Crippen molar-refractivity contribution in [3.63, 3.8) is 0 Å². The fourth-order valence-electron chi connectivity index (χ4n) is 1.98. The Morgan fingerprint density at radius 1 is 1.41 bits per heavy atom. The zero-order chi connectivity index (χ0) is 16.5. The van der Waals surface area contributed by atoms with Crippen LogP contribution in [0.5, 0.6) is 0 Å². The van der Waals surface area contributed by atoms with E-state index in [1.54, 1.807) is 6.92 Å². The summed E-state index contributed by atoms with van der Waals surface area (Å²) in [4.78, 5) is 15.3. The number of carbonyl (C=O) groups is 1. The van der Waals surface area contributed by atoms with Crippen LogP contribution >= 0.6 is 0 Å². The number of amides is 1. The SMILES string of the molecule is CCc1nc(-c2nnn(C)c2NC(=O)O)ccc1S(C)(=O)=O. The first kappa shape index (κ1) is 15.9. The Labute approximate surface area is 126 Å². The van der Waals surface area contributed by atoms with Gasteiger partial charge in [0.25, 0.3) is 0 Å². The number of carboxylic acid groups (broad SMARTS) is 1. The molecule has 118 valence electrons. The van der Waals surface area contributed by atoms with Crippen molar-refractivity contribution >= 4 is 21.7 Å². The number of pyridine rings is 1. The molecule has 0 aliphatic carbocycles. The molecule has 2 aromatic rings. The average Bonchev–Trinajstić information content (AvgIpc) is 2.78. The minimum atomic E-state index is -3.38. The molecule has 2 aromatic heterocycles. The second-order valence-corrected chi connectivity index (χ2v) is 6.59. The minimum absolute atomic E-state index is 0.149. The van der Waals surface area contributed by atoms with Gasteiger partial charge >= 0.3 is 6.09 Å². The van der Waals surface area contributed by atoms with Crippen LogP contribution in [0.2, 0.25) is 0 Å². The Balaban J connectivity index is 2.58. The molecule has 0 aliphatic rings. The Morgan fingerprint density at radius 2 is 2.09 bits per heavy atom. The molecule has 2 N–H and O–H groups in total. The monoisotopic (exact) mass is 325 g/mol. The predicted molar refractivity (Wildman–Crippen MR) is 78.4 cm³/mol. The maximum absolute atomic E-state index is 11.7. The molecule has 9 nitrogen and oxygen atoms in total. The van der Waals surface area contributed by atoms with Gasteiger partial charge in [0.15, 0.2) is 21.3 Å². The lowest BCUT2D eigenvalue weighted by atomic mass is 10.2. The van der Waals surface area contributed by atoms with Crippen LogP contribution in [0, 0.1) is 0 Å². The van der Waals surface area contributed by atoms with Gasteiger partial charge in [0, 0.05) is 13.3 Å². The van der Waals surface area contributed by atoms with Gasteiger partial charge < -0.3 is 5.11 Å². The van der Waals surface area contributed by atoms with Crippen molar-refractivity contribution in [3.8, 4) is 11.4 Å². The number of hydrogen-bond acceptors (Lipinski definition) is 6. The van der Waals surface area contributed by atoms with E-state index in [1.165, 1.54) is 23.9 Å². The number of nitrogens with one attached hydrogen (secondary N) is 1. The highest BCUT2D eigenvalue weighted by Gasteiger charge is 2.19. The van der Waals surface area contributed by atoms with Crippen molar-refractivity contribution in [2.24, 2.45) is 7.05 Å². The number of aryl methyl sites for hydroxylation is 2. The highest BCUT2D eigenvalue weighted by molar-refractivity contribution is 7.90.